The standard InChI is InChI=1S/C27H31N4O2S/c1-18-10-12-29(13-11-18)23-14-22(25(32)8-7-21-6-4-19(2)31(33)16-21)17-30-24(15-28-27(23)30)26-9-5-20(3)34-26/h4-6,9,14-18,33H,7-8,10-13H2,1-3H3/q+1. The summed E-state index contributed by atoms with van der Waals surface area (Å²) in [4.78, 5) is 22.9. The zero-order valence-electron chi connectivity index (χ0n) is 20.0. The van der Waals surface area contributed by atoms with Crippen LogP contribution in [0, 0.1) is 19.8 Å². The van der Waals surface area contributed by atoms with Crippen LogP contribution in [0.5, 0.6) is 0 Å². The number of Topliss-reactive ketones (excluding diaryl/α,β-unsaturated/α-hetero) is 1. The molecular weight excluding hydrogens is 444 g/mol. The largest absolute Gasteiger partial charge is 0.368 e. The van der Waals surface area contributed by atoms with Crippen molar-refractivity contribution < 1.29 is 14.7 Å². The number of thiophene rings is 1. The number of ketones is 1. The maximum absolute atomic E-state index is 13.4. The first-order chi connectivity index (χ1) is 16.4. The van der Waals surface area contributed by atoms with E-state index in [4.69, 9.17) is 4.98 Å². The van der Waals surface area contributed by atoms with Gasteiger partial charge in [0.05, 0.1) is 22.5 Å². The zero-order valence-corrected chi connectivity index (χ0v) is 20.8. The molecule has 1 saturated heterocycles. The minimum Gasteiger partial charge on any atom is -0.368 e. The van der Waals surface area contributed by atoms with Gasteiger partial charge in [-0.2, -0.15) is 0 Å². The van der Waals surface area contributed by atoms with Gasteiger partial charge in [-0.25, -0.2) is 4.98 Å². The number of nitrogens with zero attached hydrogens (tertiary/aromatic N) is 4. The molecular formula is C27H31N4O2S+. The fourth-order valence-electron chi connectivity index (χ4n) is 4.61. The van der Waals surface area contributed by atoms with Crippen LogP contribution >= 0.6 is 11.3 Å². The number of aromatic nitrogens is 3. The monoisotopic (exact) mass is 475 g/mol. The van der Waals surface area contributed by atoms with Gasteiger partial charge in [0.2, 0.25) is 11.9 Å². The predicted molar refractivity (Wildman–Crippen MR) is 135 cm³/mol. The number of anilines is 1. The second kappa shape index (κ2) is 9.22. The Hall–Kier alpha value is -3.19. The van der Waals surface area contributed by atoms with Crippen LogP contribution in [0.4, 0.5) is 5.69 Å². The van der Waals surface area contributed by atoms with E-state index < -0.39 is 0 Å². The van der Waals surface area contributed by atoms with E-state index in [1.54, 1.807) is 17.5 Å². The molecule has 0 saturated carbocycles. The molecule has 5 heterocycles. The Morgan fingerprint density at radius 1 is 1.21 bits per heavy atom. The SMILES string of the molecule is Cc1ccc(-c2cnc3c(N4CCC(C)CC4)cc(C(=O)CCc4ccc(C)[n+](O)c4)cn23)s1. The molecule has 176 valence electrons. The number of fused-ring (bicyclic) bond motifs is 1. The highest BCUT2D eigenvalue weighted by atomic mass is 32.1. The number of aryl methyl sites for hydroxylation is 3. The van der Waals surface area contributed by atoms with Crippen molar-refractivity contribution in [2.24, 2.45) is 5.92 Å². The average molecular weight is 476 g/mol. The Labute approximate surface area is 204 Å². The molecule has 0 atom stereocenters. The third-order valence-electron chi connectivity index (χ3n) is 6.85. The van der Waals surface area contributed by atoms with E-state index in [2.05, 4.69) is 35.3 Å². The van der Waals surface area contributed by atoms with Gasteiger partial charge in [-0.15, -0.1) is 11.3 Å². The summed E-state index contributed by atoms with van der Waals surface area (Å²) in [6.07, 6.45) is 8.82. The van der Waals surface area contributed by atoms with Gasteiger partial charge < -0.3 is 4.90 Å². The number of hydrogen-bond donors (Lipinski definition) is 1. The van der Waals surface area contributed by atoms with E-state index in [0.717, 1.165) is 69.7 Å². The number of piperidine rings is 1. The Kier molecular flexibility index (Phi) is 6.13. The van der Waals surface area contributed by atoms with E-state index in [0.29, 0.717) is 18.4 Å². The van der Waals surface area contributed by atoms with Gasteiger partial charge in [0.15, 0.2) is 11.4 Å². The minimum atomic E-state index is 0.0978. The number of rotatable bonds is 6. The minimum absolute atomic E-state index is 0.0978. The van der Waals surface area contributed by atoms with Crippen molar-refractivity contribution in [2.45, 2.75) is 46.5 Å². The van der Waals surface area contributed by atoms with E-state index >= 15 is 0 Å². The molecule has 5 rings (SSSR count). The van der Waals surface area contributed by atoms with Crippen LogP contribution in [0.1, 0.15) is 52.7 Å². The number of carbonyl (C=O) groups excluding carboxylic acids is 1. The molecule has 0 radical (unpaired) electrons. The van der Waals surface area contributed by atoms with Crippen molar-refractivity contribution in [3.63, 3.8) is 0 Å². The quantitative estimate of drug-likeness (QED) is 0.235. The van der Waals surface area contributed by atoms with Gasteiger partial charge in [-0.05, 0) is 56.4 Å². The van der Waals surface area contributed by atoms with Gasteiger partial charge in [0.1, 0.15) is 0 Å². The Morgan fingerprint density at radius 2 is 2.00 bits per heavy atom. The topological polar surface area (TPSA) is 61.7 Å². The molecule has 1 N–H and O–H groups in total. The molecule has 1 fully saturated rings. The van der Waals surface area contributed by atoms with Crippen molar-refractivity contribution in [3.8, 4) is 10.6 Å². The molecule has 0 aliphatic carbocycles. The van der Waals surface area contributed by atoms with Gasteiger partial charge in [0.25, 0.3) is 0 Å². The van der Waals surface area contributed by atoms with Crippen molar-refractivity contribution in [1.82, 2.24) is 9.38 Å². The van der Waals surface area contributed by atoms with Gasteiger partial charge in [-0.3, -0.25) is 14.4 Å². The highest BCUT2D eigenvalue weighted by Crippen LogP contribution is 2.33. The number of imidazole rings is 1. The summed E-state index contributed by atoms with van der Waals surface area (Å²) >= 11 is 1.74. The molecule has 4 aromatic heterocycles. The summed E-state index contributed by atoms with van der Waals surface area (Å²) in [7, 11) is 0. The van der Waals surface area contributed by atoms with Gasteiger partial charge in [0, 0.05) is 59.4 Å². The molecule has 0 unspecified atom stereocenters. The van der Waals surface area contributed by atoms with Crippen LogP contribution in [0.2, 0.25) is 0 Å². The predicted octanol–water partition coefficient (Wildman–Crippen LogP) is 5.26. The average Bonchev–Trinajstić information content (AvgIpc) is 3.45. The highest BCUT2D eigenvalue weighted by molar-refractivity contribution is 7.15. The summed E-state index contributed by atoms with van der Waals surface area (Å²) in [5, 5.41) is 9.93. The fourth-order valence-corrected chi connectivity index (χ4v) is 5.49. The Morgan fingerprint density at radius 3 is 2.71 bits per heavy atom. The van der Waals surface area contributed by atoms with Crippen LogP contribution in [0.25, 0.3) is 16.2 Å². The summed E-state index contributed by atoms with van der Waals surface area (Å²) in [5.74, 6) is 0.825. The lowest BCUT2D eigenvalue weighted by atomic mass is 9.98. The lowest BCUT2D eigenvalue weighted by Crippen LogP contribution is -2.33. The van der Waals surface area contributed by atoms with Crippen LogP contribution in [-0.4, -0.2) is 33.5 Å². The summed E-state index contributed by atoms with van der Waals surface area (Å²) in [6, 6.07) is 10.1. The third-order valence-corrected chi connectivity index (χ3v) is 7.88. The molecule has 0 aromatic carbocycles. The maximum atomic E-state index is 13.4. The van der Waals surface area contributed by atoms with Crippen LogP contribution in [-0.2, 0) is 6.42 Å². The van der Waals surface area contributed by atoms with Crippen LogP contribution in [0.15, 0.2) is 48.9 Å². The number of carbonyl (C=O) groups is 1. The van der Waals surface area contributed by atoms with Gasteiger partial charge in [-0.1, -0.05) is 6.92 Å². The number of hydrogen-bond acceptors (Lipinski definition) is 5. The first-order valence-electron chi connectivity index (χ1n) is 12.0. The smallest absolute Gasteiger partial charge is 0.231 e. The molecule has 4 aromatic rings. The Bertz CT molecular complexity index is 1350. The third kappa shape index (κ3) is 4.44. The first kappa shape index (κ1) is 22.6. The Balaban J connectivity index is 1.51. The molecule has 7 heteroatoms. The summed E-state index contributed by atoms with van der Waals surface area (Å²) in [5.41, 5.74) is 5.38. The van der Waals surface area contributed by atoms with Crippen molar-refractivity contribution in [1.29, 1.82) is 0 Å². The van der Waals surface area contributed by atoms with Gasteiger partial charge >= 0.3 is 0 Å². The zero-order chi connectivity index (χ0) is 23.8. The van der Waals surface area contributed by atoms with E-state index in [-0.39, 0.29) is 5.78 Å². The molecule has 1 aliphatic heterocycles. The molecule has 6 nitrogen and oxygen atoms in total. The summed E-state index contributed by atoms with van der Waals surface area (Å²) < 4.78 is 3.21. The normalized spacial score (nSPS) is 14.7. The molecule has 0 bridgehead atoms. The molecule has 0 amide bonds. The van der Waals surface area contributed by atoms with Crippen molar-refractivity contribution in [2.75, 3.05) is 18.0 Å². The van der Waals surface area contributed by atoms with Crippen molar-refractivity contribution in [3.05, 3.63) is 70.6 Å². The maximum Gasteiger partial charge on any atom is 0.231 e. The molecule has 0 spiro atoms. The van der Waals surface area contributed by atoms with E-state index in [1.165, 1.54) is 4.88 Å². The fraction of sp³-hybridized carbons (Fsp3) is 0.370. The number of pyridine rings is 2. The van der Waals surface area contributed by atoms with E-state index in [1.807, 2.05) is 37.5 Å². The summed E-state index contributed by atoms with van der Waals surface area (Å²) in [6.45, 7) is 8.21. The van der Waals surface area contributed by atoms with Crippen molar-refractivity contribution >= 4 is 28.5 Å². The second-order valence-corrected chi connectivity index (χ2v) is 10.8. The molecule has 34 heavy (non-hydrogen) atoms. The van der Waals surface area contributed by atoms with E-state index in [9.17, 15) is 10.0 Å². The van der Waals surface area contributed by atoms with Crippen LogP contribution < -0.4 is 9.63 Å². The lowest BCUT2D eigenvalue weighted by molar-refractivity contribution is -0.909. The molecule has 1 aliphatic rings. The lowest BCUT2D eigenvalue weighted by Gasteiger charge is -2.32. The highest BCUT2D eigenvalue weighted by Gasteiger charge is 2.22. The first-order valence-corrected chi connectivity index (χ1v) is 12.8. The second-order valence-electron chi connectivity index (χ2n) is 9.48. The van der Waals surface area contributed by atoms with Crippen LogP contribution in [0.3, 0.4) is 0 Å².